The second-order valence-electron chi connectivity index (χ2n) is 5.38. The number of hydrogen-bond acceptors (Lipinski definition) is 5. The van der Waals surface area contributed by atoms with Gasteiger partial charge in [-0.25, -0.2) is 9.37 Å². The van der Waals surface area contributed by atoms with Gasteiger partial charge >= 0.3 is 0 Å². The van der Waals surface area contributed by atoms with Crippen molar-refractivity contribution < 1.29 is 13.9 Å². The molecule has 0 aliphatic carbocycles. The molecule has 0 bridgehead atoms. The molecule has 122 valence electrons. The first-order chi connectivity index (χ1) is 11.2. The molecule has 1 fully saturated rings. The second-order valence-corrected chi connectivity index (χ2v) is 6.49. The van der Waals surface area contributed by atoms with E-state index < -0.39 is 0 Å². The van der Waals surface area contributed by atoms with Crippen LogP contribution in [-0.4, -0.2) is 36.7 Å². The maximum Gasteiger partial charge on any atom is 0.227 e. The minimum absolute atomic E-state index is 0.0431. The number of aromatic nitrogens is 1. The Morgan fingerprint density at radius 1 is 1.48 bits per heavy atom. The van der Waals surface area contributed by atoms with E-state index in [1.165, 1.54) is 17.4 Å². The highest BCUT2D eigenvalue weighted by Crippen LogP contribution is 2.22. The monoisotopic (exact) mass is 335 g/mol. The summed E-state index contributed by atoms with van der Waals surface area (Å²) in [6.45, 7) is 2.00. The summed E-state index contributed by atoms with van der Waals surface area (Å²) in [6.07, 6.45) is 2.50. The zero-order valence-electron chi connectivity index (χ0n) is 12.5. The van der Waals surface area contributed by atoms with Crippen LogP contribution in [-0.2, 0) is 16.0 Å². The molecule has 3 rings (SSSR count). The quantitative estimate of drug-likeness (QED) is 0.879. The molecule has 0 saturated carbocycles. The Labute approximate surface area is 137 Å². The van der Waals surface area contributed by atoms with Crippen molar-refractivity contribution in [3.8, 4) is 0 Å². The Bertz CT molecular complexity index is 671. The first-order valence-corrected chi connectivity index (χ1v) is 8.31. The number of carbonyl (C=O) groups is 1. The molecule has 1 aromatic carbocycles. The first kappa shape index (κ1) is 16.0. The topological polar surface area (TPSA) is 63.2 Å². The van der Waals surface area contributed by atoms with Gasteiger partial charge in [-0.15, -0.1) is 11.3 Å². The van der Waals surface area contributed by atoms with Crippen molar-refractivity contribution in [3.63, 3.8) is 0 Å². The number of nitrogens with one attached hydrogen (secondary N) is 2. The van der Waals surface area contributed by atoms with Crippen LogP contribution in [0.3, 0.4) is 0 Å². The molecular weight excluding hydrogens is 317 g/mol. The number of rotatable bonds is 5. The zero-order chi connectivity index (χ0) is 16.1. The highest BCUT2D eigenvalue weighted by molar-refractivity contribution is 7.15. The molecule has 1 aromatic heterocycles. The van der Waals surface area contributed by atoms with Gasteiger partial charge in [-0.1, -0.05) is 18.2 Å². The van der Waals surface area contributed by atoms with Crippen LogP contribution in [0.15, 0.2) is 30.5 Å². The largest absolute Gasteiger partial charge is 0.378 e. The Hall–Kier alpha value is -1.83. The van der Waals surface area contributed by atoms with Gasteiger partial charge in [0.25, 0.3) is 0 Å². The lowest BCUT2D eigenvalue weighted by molar-refractivity contribution is -0.117. The summed E-state index contributed by atoms with van der Waals surface area (Å²) in [4.78, 5) is 17.1. The van der Waals surface area contributed by atoms with E-state index in [0.717, 1.165) is 11.4 Å². The molecule has 23 heavy (non-hydrogen) atoms. The number of benzene rings is 1. The maximum atomic E-state index is 13.6. The molecule has 2 aromatic rings. The van der Waals surface area contributed by atoms with Crippen LogP contribution < -0.4 is 10.6 Å². The molecule has 1 amide bonds. The van der Waals surface area contributed by atoms with Gasteiger partial charge < -0.3 is 15.4 Å². The van der Waals surface area contributed by atoms with E-state index in [2.05, 4.69) is 15.6 Å². The molecule has 5 nitrogen and oxygen atoms in total. The number of hydrogen-bond donors (Lipinski definition) is 2. The van der Waals surface area contributed by atoms with Crippen molar-refractivity contribution in [1.82, 2.24) is 10.3 Å². The summed E-state index contributed by atoms with van der Waals surface area (Å²) in [6, 6.07) is 6.71. The van der Waals surface area contributed by atoms with E-state index in [1.807, 2.05) is 0 Å². The van der Waals surface area contributed by atoms with Crippen LogP contribution in [0.2, 0.25) is 0 Å². The summed E-state index contributed by atoms with van der Waals surface area (Å²) in [5, 5.41) is 6.56. The average molecular weight is 335 g/mol. The van der Waals surface area contributed by atoms with Gasteiger partial charge in [0.1, 0.15) is 5.82 Å². The lowest BCUT2D eigenvalue weighted by Gasteiger charge is -2.22. The zero-order valence-corrected chi connectivity index (χ0v) is 13.4. The number of amides is 1. The fourth-order valence-corrected chi connectivity index (χ4v) is 3.27. The van der Waals surface area contributed by atoms with Crippen molar-refractivity contribution in [2.45, 2.75) is 18.9 Å². The second kappa shape index (κ2) is 7.63. The minimum atomic E-state index is -0.227. The Morgan fingerprint density at radius 2 is 2.35 bits per heavy atom. The lowest BCUT2D eigenvalue weighted by Crippen LogP contribution is -2.43. The SMILES string of the molecule is O=C(CC1COCCN1)Nc1ncc(Cc2ccccc2F)s1. The third-order valence-electron chi connectivity index (χ3n) is 3.55. The molecular formula is C16H18FN3O2S. The molecule has 1 atom stereocenters. The van der Waals surface area contributed by atoms with E-state index in [-0.39, 0.29) is 17.8 Å². The van der Waals surface area contributed by atoms with Crippen LogP contribution >= 0.6 is 11.3 Å². The van der Waals surface area contributed by atoms with Crippen molar-refractivity contribution in [2.75, 3.05) is 25.1 Å². The Kier molecular flexibility index (Phi) is 5.32. The summed E-state index contributed by atoms with van der Waals surface area (Å²) in [5.74, 6) is -0.324. The lowest BCUT2D eigenvalue weighted by atomic mass is 10.1. The third kappa shape index (κ3) is 4.57. The number of morpholine rings is 1. The minimum Gasteiger partial charge on any atom is -0.378 e. The molecule has 0 radical (unpaired) electrons. The molecule has 1 aliphatic heterocycles. The number of ether oxygens (including phenoxy) is 1. The maximum absolute atomic E-state index is 13.6. The number of anilines is 1. The smallest absolute Gasteiger partial charge is 0.227 e. The molecule has 1 aliphatic rings. The van der Waals surface area contributed by atoms with Gasteiger partial charge in [-0.05, 0) is 11.6 Å². The molecule has 0 spiro atoms. The number of nitrogens with zero attached hydrogens (tertiary/aromatic N) is 1. The summed E-state index contributed by atoms with van der Waals surface area (Å²) >= 11 is 1.37. The van der Waals surface area contributed by atoms with Crippen molar-refractivity contribution in [3.05, 3.63) is 46.7 Å². The summed E-state index contributed by atoms with van der Waals surface area (Å²) in [5.41, 5.74) is 0.623. The van der Waals surface area contributed by atoms with Crippen molar-refractivity contribution >= 4 is 22.4 Å². The molecule has 2 heterocycles. The van der Waals surface area contributed by atoms with Crippen LogP contribution in [0, 0.1) is 5.82 Å². The number of thiazole rings is 1. The average Bonchev–Trinajstić information content (AvgIpc) is 2.97. The predicted molar refractivity (Wildman–Crippen MR) is 87.2 cm³/mol. The van der Waals surface area contributed by atoms with Crippen LogP contribution in [0.1, 0.15) is 16.9 Å². The fraction of sp³-hybridized carbons (Fsp3) is 0.375. The van der Waals surface area contributed by atoms with E-state index in [1.54, 1.807) is 24.4 Å². The van der Waals surface area contributed by atoms with Crippen LogP contribution in [0.4, 0.5) is 9.52 Å². The predicted octanol–water partition coefficient (Wildman–Crippen LogP) is 2.19. The highest BCUT2D eigenvalue weighted by atomic mass is 32.1. The summed E-state index contributed by atoms with van der Waals surface area (Å²) < 4.78 is 19.0. The normalized spacial score (nSPS) is 17.9. The van der Waals surface area contributed by atoms with Gasteiger partial charge in [-0.3, -0.25) is 4.79 Å². The van der Waals surface area contributed by atoms with E-state index in [9.17, 15) is 9.18 Å². The van der Waals surface area contributed by atoms with Gasteiger partial charge in [0, 0.05) is 36.5 Å². The molecule has 2 N–H and O–H groups in total. The van der Waals surface area contributed by atoms with Gasteiger partial charge in [-0.2, -0.15) is 0 Å². The van der Waals surface area contributed by atoms with E-state index in [4.69, 9.17) is 4.74 Å². The number of carbonyl (C=O) groups excluding carboxylic acids is 1. The Balaban J connectivity index is 1.54. The van der Waals surface area contributed by atoms with Crippen molar-refractivity contribution in [2.24, 2.45) is 0 Å². The fourth-order valence-electron chi connectivity index (χ4n) is 2.42. The van der Waals surface area contributed by atoms with E-state index >= 15 is 0 Å². The van der Waals surface area contributed by atoms with Crippen molar-refractivity contribution in [1.29, 1.82) is 0 Å². The van der Waals surface area contributed by atoms with Gasteiger partial charge in [0.15, 0.2) is 5.13 Å². The summed E-state index contributed by atoms with van der Waals surface area (Å²) in [7, 11) is 0. The van der Waals surface area contributed by atoms with Gasteiger partial charge in [0.2, 0.25) is 5.91 Å². The Morgan fingerprint density at radius 3 is 3.13 bits per heavy atom. The van der Waals surface area contributed by atoms with Crippen LogP contribution in [0.5, 0.6) is 0 Å². The highest BCUT2D eigenvalue weighted by Gasteiger charge is 2.17. The molecule has 7 heteroatoms. The van der Waals surface area contributed by atoms with Gasteiger partial charge in [0.05, 0.1) is 13.2 Å². The first-order valence-electron chi connectivity index (χ1n) is 7.50. The number of halogens is 1. The molecule has 1 saturated heterocycles. The molecule has 1 unspecified atom stereocenters. The van der Waals surface area contributed by atoms with Crippen LogP contribution in [0.25, 0.3) is 0 Å². The standard InChI is InChI=1S/C16H18FN3O2S/c17-14-4-2-1-3-11(14)7-13-9-19-16(23-13)20-15(21)8-12-10-22-6-5-18-12/h1-4,9,12,18H,5-8,10H2,(H,19,20,21). The van der Waals surface area contributed by atoms with E-state index in [0.29, 0.717) is 36.8 Å². The third-order valence-corrected chi connectivity index (χ3v) is 4.47.